The Kier molecular flexibility index (Phi) is 11.9. The summed E-state index contributed by atoms with van der Waals surface area (Å²) in [4.78, 5) is 10.4. The van der Waals surface area contributed by atoms with E-state index in [1.54, 1.807) is 0 Å². The molecule has 5 aromatic rings. The van der Waals surface area contributed by atoms with E-state index < -0.39 is 0 Å². The van der Waals surface area contributed by atoms with E-state index in [9.17, 15) is 0 Å². The molecular weight excluding hydrogens is 631 g/mol. The number of allylic oxidation sites excluding steroid dienone is 7. The second kappa shape index (κ2) is 17.1. The van der Waals surface area contributed by atoms with Crippen LogP contribution in [0.1, 0.15) is 95.7 Å². The molecule has 0 radical (unpaired) electrons. The van der Waals surface area contributed by atoms with Gasteiger partial charge in [0.05, 0.1) is 28.5 Å². The van der Waals surface area contributed by atoms with Gasteiger partial charge in [0.15, 0.2) is 0 Å². The average molecular weight is 682 g/mol. The highest BCUT2D eigenvalue weighted by molar-refractivity contribution is 5.93. The first-order valence-corrected chi connectivity index (χ1v) is 19.3. The maximum atomic E-state index is 5.26. The second-order valence-corrected chi connectivity index (χ2v) is 12.4. The highest BCUT2D eigenvalue weighted by Gasteiger charge is 2.32. The Morgan fingerprint density at radius 2 is 1.29 bits per heavy atom. The maximum Gasteiger partial charge on any atom is 0.0969 e. The summed E-state index contributed by atoms with van der Waals surface area (Å²) in [5.74, 6) is 0. The monoisotopic (exact) mass is 681 g/mol. The van der Waals surface area contributed by atoms with Crippen LogP contribution in [0.25, 0.3) is 50.6 Å². The first-order valence-electron chi connectivity index (χ1n) is 19.3. The van der Waals surface area contributed by atoms with Crippen molar-refractivity contribution in [3.8, 4) is 22.4 Å². The van der Waals surface area contributed by atoms with Gasteiger partial charge < -0.3 is 5.32 Å². The Morgan fingerprint density at radius 3 is 2.06 bits per heavy atom. The van der Waals surface area contributed by atoms with Crippen molar-refractivity contribution in [1.29, 1.82) is 0 Å². The van der Waals surface area contributed by atoms with Gasteiger partial charge in [-0.2, -0.15) is 0 Å². The lowest BCUT2D eigenvalue weighted by atomic mass is 9.77. The zero-order chi connectivity index (χ0) is 36.5. The lowest BCUT2D eigenvalue weighted by Crippen LogP contribution is -2.31. The summed E-state index contributed by atoms with van der Waals surface area (Å²) < 4.78 is 0. The molecule has 1 N–H and O–H groups in total. The summed E-state index contributed by atoms with van der Waals surface area (Å²) >= 11 is 0. The Morgan fingerprint density at radius 1 is 0.596 bits per heavy atom. The van der Waals surface area contributed by atoms with Crippen LogP contribution in [0.2, 0.25) is 0 Å². The van der Waals surface area contributed by atoms with Crippen molar-refractivity contribution in [2.75, 3.05) is 0 Å². The fourth-order valence-electron chi connectivity index (χ4n) is 7.32. The van der Waals surface area contributed by atoms with Gasteiger partial charge in [-0.05, 0) is 82.4 Å². The Bertz CT molecular complexity index is 2210. The van der Waals surface area contributed by atoms with Crippen LogP contribution in [0.15, 0.2) is 150 Å². The number of nitrogens with zero attached hydrogens (tertiary/aromatic N) is 2. The van der Waals surface area contributed by atoms with Crippen LogP contribution in [0.3, 0.4) is 0 Å². The van der Waals surface area contributed by atoms with E-state index >= 15 is 0 Å². The molecule has 1 atom stereocenters. The largest absolute Gasteiger partial charge is 0.374 e. The topological polar surface area (TPSA) is 37.8 Å². The molecule has 0 spiro atoms. The molecule has 0 bridgehead atoms. The van der Waals surface area contributed by atoms with E-state index in [2.05, 4.69) is 139 Å². The molecule has 3 aliphatic carbocycles. The molecule has 0 saturated heterocycles. The van der Waals surface area contributed by atoms with Crippen LogP contribution < -0.4 is 5.32 Å². The lowest BCUT2D eigenvalue weighted by Gasteiger charge is -2.37. The number of nitrogens with one attached hydrogen (secondary N) is 1. The molecule has 4 aliphatic rings. The fourth-order valence-corrected chi connectivity index (χ4v) is 7.32. The van der Waals surface area contributed by atoms with Crippen LogP contribution in [0.5, 0.6) is 0 Å². The minimum Gasteiger partial charge on any atom is -0.374 e. The molecule has 0 saturated carbocycles. The van der Waals surface area contributed by atoms with Crippen LogP contribution in [0, 0.1) is 0 Å². The second-order valence-electron chi connectivity index (χ2n) is 12.4. The number of fused-ring (bicyclic) bond motifs is 5. The van der Waals surface area contributed by atoms with Crippen LogP contribution in [-0.2, 0) is 0 Å². The Balaban J connectivity index is 0.000000738. The molecular formula is C49H51N3. The molecule has 1 aromatic heterocycles. The summed E-state index contributed by atoms with van der Waals surface area (Å²) in [6.07, 6.45) is 20.0. The van der Waals surface area contributed by atoms with E-state index in [1.807, 2.05) is 47.6 Å². The number of hydrogen-bond acceptors (Lipinski definition) is 3. The predicted octanol–water partition coefficient (Wildman–Crippen LogP) is 13.5. The molecule has 1 aliphatic heterocycles. The van der Waals surface area contributed by atoms with Crippen molar-refractivity contribution in [2.45, 2.75) is 73.3 Å². The van der Waals surface area contributed by atoms with Gasteiger partial charge in [-0.15, -0.1) is 0 Å². The Labute approximate surface area is 311 Å². The predicted molar refractivity (Wildman–Crippen MR) is 224 cm³/mol. The number of rotatable bonds is 4. The lowest BCUT2D eigenvalue weighted by molar-refractivity contribution is 0.673. The fraction of sp³-hybridized carbons (Fsp3) is 0.224. The number of benzene rings is 4. The van der Waals surface area contributed by atoms with Gasteiger partial charge in [0, 0.05) is 16.8 Å². The van der Waals surface area contributed by atoms with Crippen molar-refractivity contribution in [2.24, 2.45) is 0 Å². The van der Waals surface area contributed by atoms with E-state index in [1.165, 1.54) is 50.2 Å². The third kappa shape index (κ3) is 7.14. The van der Waals surface area contributed by atoms with E-state index in [-0.39, 0.29) is 6.04 Å². The highest BCUT2D eigenvalue weighted by Crippen LogP contribution is 2.46. The molecule has 52 heavy (non-hydrogen) atoms. The number of aromatic nitrogens is 2. The van der Waals surface area contributed by atoms with Crippen LogP contribution in [0.4, 0.5) is 0 Å². The van der Waals surface area contributed by atoms with Crippen molar-refractivity contribution >= 4 is 28.3 Å². The summed E-state index contributed by atoms with van der Waals surface area (Å²) in [6.45, 7) is 12.0. The third-order valence-electron chi connectivity index (χ3n) is 9.61. The number of hydrogen-bond donors (Lipinski definition) is 1. The molecule has 3 heteroatoms. The van der Waals surface area contributed by atoms with Gasteiger partial charge >= 0.3 is 0 Å². The quantitative estimate of drug-likeness (QED) is 0.205. The molecule has 9 rings (SSSR count). The van der Waals surface area contributed by atoms with E-state index in [0.717, 1.165) is 59.2 Å². The minimum absolute atomic E-state index is 0.154. The van der Waals surface area contributed by atoms with Crippen LogP contribution in [-0.4, -0.2) is 9.97 Å². The van der Waals surface area contributed by atoms with Crippen molar-refractivity contribution < 1.29 is 0 Å². The normalized spacial score (nSPS) is 16.4. The first-order chi connectivity index (χ1) is 25.8. The van der Waals surface area contributed by atoms with Gasteiger partial charge in [0.2, 0.25) is 0 Å². The Hall–Kier alpha value is -5.54. The molecule has 4 aromatic carbocycles. The highest BCUT2D eigenvalue weighted by atomic mass is 15.0. The molecule has 0 amide bonds. The van der Waals surface area contributed by atoms with Gasteiger partial charge in [-0.3, -0.25) is 0 Å². The first kappa shape index (κ1) is 36.3. The van der Waals surface area contributed by atoms with Gasteiger partial charge in [-0.1, -0.05) is 169 Å². The summed E-state index contributed by atoms with van der Waals surface area (Å²) in [7, 11) is 0. The molecule has 1 unspecified atom stereocenters. The van der Waals surface area contributed by atoms with Gasteiger partial charge in [-0.25, -0.2) is 9.97 Å². The SMILES string of the molecule is C1=CCCC(c2nc3cc(-c4ccc(C5=C6C=Cc7ccccc7C6NC6=CCCC=C65)cc4)ccc3nc2-c2ccccc2)=C1.CC.CC.CC. The zero-order valence-electron chi connectivity index (χ0n) is 31.6. The average Bonchev–Trinajstić information content (AvgIpc) is 3.25. The van der Waals surface area contributed by atoms with Crippen LogP contribution >= 0.6 is 0 Å². The minimum atomic E-state index is 0.154. The zero-order valence-corrected chi connectivity index (χ0v) is 31.6. The van der Waals surface area contributed by atoms with E-state index in [0.29, 0.717) is 0 Å². The standard InChI is InChI=1S/C43H33N3.3C2H6/c1-3-12-31(13-4-1)41-42(32-14-5-2-6-15-32)46-39-27-33(24-26-38(39)45-41)28-19-21-30(22-20-28)40-35-17-9-10-18-37(35)44-43-34-16-8-7-11-29(34)23-25-36(40)43;3*1-2/h1-5,7-8,11-14,16-27,43-44H,6,9-10,15H2;3*1-2H3. The van der Waals surface area contributed by atoms with Crippen molar-refractivity contribution in [3.05, 3.63) is 173 Å². The van der Waals surface area contributed by atoms with Crippen molar-refractivity contribution in [1.82, 2.24) is 15.3 Å². The smallest absolute Gasteiger partial charge is 0.0969 e. The van der Waals surface area contributed by atoms with E-state index in [4.69, 9.17) is 9.97 Å². The maximum absolute atomic E-state index is 5.26. The third-order valence-corrected chi connectivity index (χ3v) is 9.61. The van der Waals surface area contributed by atoms with Gasteiger partial charge in [0.25, 0.3) is 0 Å². The molecule has 0 fully saturated rings. The molecule has 2 heterocycles. The summed E-state index contributed by atoms with van der Waals surface area (Å²) in [5.41, 5.74) is 17.6. The van der Waals surface area contributed by atoms with Crippen molar-refractivity contribution in [3.63, 3.8) is 0 Å². The van der Waals surface area contributed by atoms with Gasteiger partial charge in [0.1, 0.15) is 0 Å². The molecule has 262 valence electrons. The summed E-state index contributed by atoms with van der Waals surface area (Å²) in [6, 6.07) is 34.9. The summed E-state index contributed by atoms with van der Waals surface area (Å²) in [5, 5.41) is 3.87. The molecule has 3 nitrogen and oxygen atoms in total.